The number of amides is 2. The predicted molar refractivity (Wildman–Crippen MR) is 145 cm³/mol. The molecule has 1 saturated carbocycles. The third-order valence-electron chi connectivity index (χ3n) is 7.26. The maximum Gasteiger partial charge on any atom is 0.501 e. The molecule has 1 fully saturated rings. The first-order valence-electron chi connectivity index (χ1n) is 12.5. The minimum atomic E-state index is -5.65. The number of allylic oxidation sites excluding steroid dienone is 1. The number of carbonyl (C=O) groups is 3. The van der Waals surface area contributed by atoms with E-state index in [1.165, 1.54) is 24.6 Å². The van der Waals surface area contributed by atoms with Crippen molar-refractivity contribution >= 4 is 44.6 Å². The van der Waals surface area contributed by atoms with Crippen LogP contribution in [0.15, 0.2) is 58.8 Å². The fourth-order valence-electron chi connectivity index (χ4n) is 5.27. The lowest BCUT2D eigenvalue weighted by Crippen LogP contribution is -2.47. The van der Waals surface area contributed by atoms with E-state index in [2.05, 4.69) is 15.6 Å². The fourth-order valence-corrected chi connectivity index (χ4v) is 6.89. The number of sulfone groups is 1. The summed E-state index contributed by atoms with van der Waals surface area (Å²) < 4.78 is 82.8. The van der Waals surface area contributed by atoms with Crippen molar-refractivity contribution in [3.05, 3.63) is 71.0 Å². The van der Waals surface area contributed by atoms with Gasteiger partial charge in [-0.3, -0.25) is 9.59 Å². The number of aromatic carboxylic acids is 1. The summed E-state index contributed by atoms with van der Waals surface area (Å²) >= 11 is 0.864. The minimum Gasteiger partial charge on any atom is -0.496 e. The molecular weight excluding hydrogens is 618 g/mol. The van der Waals surface area contributed by atoms with E-state index in [-0.39, 0.29) is 45.1 Å². The number of anilines is 1. The molecule has 2 amide bonds. The summed E-state index contributed by atoms with van der Waals surface area (Å²) in [5.41, 5.74) is -6.26. The van der Waals surface area contributed by atoms with Crippen molar-refractivity contribution in [1.82, 2.24) is 10.3 Å². The SMILES string of the molecule is COc1cc(F)c(-c2nc(C(=O)O)cs2)cc1C(=O)N[C@@H]1[C@H](C(=O)Nc2cccc(S(=O)(=O)C(F)(F)F)c2)[C@H]2C=C[C@@H]1C2. The summed E-state index contributed by atoms with van der Waals surface area (Å²) in [6, 6.07) is 5.12. The van der Waals surface area contributed by atoms with E-state index in [0.29, 0.717) is 12.5 Å². The highest BCUT2D eigenvalue weighted by Crippen LogP contribution is 2.45. The Balaban J connectivity index is 1.40. The van der Waals surface area contributed by atoms with Gasteiger partial charge in [0.15, 0.2) is 5.69 Å². The first kappa shape index (κ1) is 30.2. The Hall–Kier alpha value is -4.31. The smallest absolute Gasteiger partial charge is 0.496 e. The summed E-state index contributed by atoms with van der Waals surface area (Å²) in [5.74, 6) is -5.10. The van der Waals surface area contributed by atoms with E-state index in [1.54, 1.807) is 6.08 Å². The Labute approximate surface area is 245 Å². The molecule has 2 aromatic carbocycles. The van der Waals surface area contributed by atoms with Crippen LogP contribution in [0.5, 0.6) is 5.75 Å². The number of nitrogens with zero attached hydrogens (tertiary/aromatic N) is 1. The second-order valence-corrected chi connectivity index (χ2v) is 12.6. The standard InChI is InChI=1S/C27H21F4N3O7S2/c1-41-20-10-18(28)16(25-33-19(11-42-25)26(37)38)9-17(20)23(35)34-22-13-6-5-12(7-13)21(22)24(36)32-14-3-2-4-15(8-14)43(39,40)27(29,30)31/h2-6,8-13,21-22H,7H2,1H3,(H,32,36)(H,34,35)(H,37,38)/t12-,13+,21+,22-/m0/s1. The molecule has 0 radical (unpaired) electrons. The average molecular weight is 640 g/mol. The molecule has 3 N–H and O–H groups in total. The van der Waals surface area contributed by atoms with Crippen molar-refractivity contribution in [1.29, 1.82) is 0 Å². The van der Waals surface area contributed by atoms with Crippen molar-refractivity contribution < 1.29 is 50.2 Å². The molecule has 1 heterocycles. The third kappa shape index (κ3) is 5.59. The van der Waals surface area contributed by atoms with Crippen molar-refractivity contribution in [3.8, 4) is 16.3 Å². The second kappa shape index (κ2) is 11.1. The molecular formula is C27H21F4N3O7S2. The predicted octanol–water partition coefficient (Wildman–Crippen LogP) is 4.51. The first-order chi connectivity index (χ1) is 20.2. The normalized spacial score (nSPS) is 21.0. The van der Waals surface area contributed by atoms with Crippen LogP contribution in [0.4, 0.5) is 23.2 Å². The molecule has 0 saturated heterocycles. The number of methoxy groups -OCH3 is 1. The minimum absolute atomic E-state index is 0.0153. The molecule has 2 aliphatic carbocycles. The Morgan fingerprint density at radius 2 is 1.84 bits per heavy atom. The summed E-state index contributed by atoms with van der Waals surface area (Å²) in [7, 11) is -4.42. The third-order valence-corrected chi connectivity index (χ3v) is 9.62. The lowest BCUT2D eigenvalue weighted by molar-refractivity contribution is -0.121. The number of rotatable bonds is 8. The Kier molecular flexibility index (Phi) is 7.77. The Bertz CT molecular complexity index is 1770. The molecule has 2 aliphatic rings. The number of aromatic nitrogens is 1. The number of hydrogen-bond donors (Lipinski definition) is 3. The van der Waals surface area contributed by atoms with Crippen LogP contribution in [0.1, 0.15) is 27.3 Å². The fraction of sp³-hybridized carbons (Fsp3) is 0.259. The van der Waals surface area contributed by atoms with Gasteiger partial charge in [-0.1, -0.05) is 18.2 Å². The van der Waals surface area contributed by atoms with E-state index < -0.39 is 55.8 Å². The van der Waals surface area contributed by atoms with Gasteiger partial charge in [0.05, 0.1) is 23.5 Å². The number of carbonyl (C=O) groups excluding carboxylic acids is 2. The number of alkyl halides is 3. The lowest BCUT2D eigenvalue weighted by Gasteiger charge is -2.28. The number of nitrogens with one attached hydrogen (secondary N) is 2. The quantitative estimate of drug-likeness (QED) is 0.241. The van der Waals surface area contributed by atoms with Crippen molar-refractivity contribution in [2.24, 2.45) is 17.8 Å². The van der Waals surface area contributed by atoms with Gasteiger partial charge in [-0.2, -0.15) is 13.2 Å². The molecule has 10 nitrogen and oxygen atoms in total. The summed E-state index contributed by atoms with van der Waals surface area (Å²) in [4.78, 5) is 40.9. The molecule has 4 atom stereocenters. The van der Waals surface area contributed by atoms with Crippen LogP contribution in [0.3, 0.4) is 0 Å². The highest BCUT2D eigenvalue weighted by atomic mass is 32.2. The maximum absolute atomic E-state index is 14.9. The lowest BCUT2D eigenvalue weighted by atomic mass is 9.87. The number of thiazole rings is 1. The number of benzene rings is 2. The van der Waals surface area contributed by atoms with Gasteiger partial charge < -0.3 is 20.5 Å². The zero-order chi connectivity index (χ0) is 31.3. The molecule has 0 unspecified atom stereocenters. The Morgan fingerprint density at radius 3 is 2.49 bits per heavy atom. The van der Waals surface area contributed by atoms with Crippen LogP contribution in [0.2, 0.25) is 0 Å². The molecule has 43 heavy (non-hydrogen) atoms. The summed E-state index contributed by atoms with van der Waals surface area (Å²) in [6.45, 7) is 0. The van der Waals surface area contributed by atoms with Crippen LogP contribution in [0.25, 0.3) is 10.6 Å². The van der Waals surface area contributed by atoms with Crippen molar-refractivity contribution in [3.63, 3.8) is 0 Å². The van der Waals surface area contributed by atoms with Crippen molar-refractivity contribution in [2.75, 3.05) is 12.4 Å². The van der Waals surface area contributed by atoms with Crippen molar-refractivity contribution in [2.45, 2.75) is 22.9 Å². The van der Waals surface area contributed by atoms with E-state index in [9.17, 15) is 40.4 Å². The monoisotopic (exact) mass is 639 g/mol. The Morgan fingerprint density at radius 1 is 1.12 bits per heavy atom. The highest BCUT2D eigenvalue weighted by Gasteiger charge is 2.49. The van der Waals surface area contributed by atoms with Crippen LogP contribution in [-0.2, 0) is 14.6 Å². The number of fused-ring (bicyclic) bond motifs is 2. The number of carboxylic acids is 1. The van der Waals surface area contributed by atoms with E-state index >= 15 is 0 Å². The van der Waals surface area contributed by atoms with Gasteiger partial charge in [0.2, 0.25) is 5.91 Å². The number of ether oxygens (including phenoxy) is 1. The van der Waals surface area contributed by atoms with E-state index in [0.717, 1.165) is 29.5 Å². The molecule has 1 aromatic heterocycles. The van der Waals surface area contributed by atoms with Gasteiger partial charge in [0, 0.05) is 28.7 Å². The number of halogens is 4. The van der Waals surface area contributed by atoms with Gasteiger partial charge >= 0.3 is 11.5 Å². The molecule has 2 bridgehead atoms. The number of carboxylic acid groups (broad SMARTS) is 1. The van der Waals surface area contributed by atoms with E-state index in [1.807, 2.05) is 6.08 Å². The van der Waals surface area contributed by atoms with Crippen LogP contribution < -0.4 is 15.4 Å². The second-order valence-electron chi connectivity index (χ2n) is 9.81. The van der Waals surface area contributed by atoms with Crippen LogP contribution >= 0.6 is 11.3 Å². The first-order valence-corrected chi connectivity index (χ1v) is 14.9. The van der Waals surface area contributed by atoms with Gasteiger partial charge in [-0.15, -0.1) is 11.3 Å². The molecule has 0 aliphatic heterocycles. The van der Waals surface area contributed by atoms with Gasteiger partial charge in [-0.05, 0) is 42.5 Å². The molecule has 5 rings (SSSR count). The van der Waals surface area contributed by atoms with Gasteiger partial charge in [-0.25, -0.2) is 22.6 Å². The maximum atomic E-state index is 14.9. The van der Waals surface area contributed by atoms with Gasteiger partial charge in [0.1, 0.15) is 16.6 Å². The van der Waals surface area contributed by atoms with Gasteiger partial charge in [0.25, 0.3) is 15.7 Å². The van der Waals surface area contributed by atoms with E-state index in [4.69, 9.17) is 9.84 Å². The zero-order valence-corrected chi connectivity index (χ0v) is 23.5. The highest BCUT2D eigenvalue weighted by molar-refractivity contribution is 7.92. The van der Waals surface area contributed by atoms with Crippen LogP contribution in [0, 0.1) is 23.6 Å². The van der Waals surface area contributed by atoms with Crippen LogP contribution in [-0.4, -0.2) is 55.0 Å². The largest absolute Gasteiger partial charge is 0.501 e. The zero-order valence-electron chi connectivity index (χ0n) is 21.9. The molecule has 0 spiro atoms. The topological polar surface area (TPSA) is 152 Å². The average Bonchev–Trinajstić information content (AvgIpc) is 3.69. The summed E-state index contributed by atoms with van der Waals surface area (Å²) in [5, 5.41) is 15.6. The molecule has 3 aromatic rings. The molecule has 16 heteroatoms. The number of hydrogen-bond acceptors (Lipinski definition) is 8. The summed E-state index contributed by atoms with van der Waals surface area (Å²) in [6.07, 6.45) is 4.11. The molecule has 226 valence electrons.